The summed E-state index contributed by atoms with van der Waals surface area (Å²) in [5.74, 6) is 0.217. The van der Waals surface area contributed by atoms with Crippen molar-refractivity contribution in [2.45, 2.75) is 20.4 Å². The predicted octanol–water partition coefficient (Wildman–Crippen LogP) is -0.0933. The maximum atomic E-state index is 11.7. The van der Waals surface area contributed by atoms with E-state index in [1.165, 1.54) is 17.8 Å². The molecule has 3 N–H and O–H groups in total. The van der Waals surface area contributed by atoms with Gasteiger partial charge in [-0.15, -0.1) is 5.10 Å². The summed E-state index contributed by atoms with van der Waals surface area (Å²) in [5.41, 5.74) is 0.851. The molecule has 9 nitrogen and oxygen atoms in total. The number of carbonyl (C=O) groups excluding carboxylic acids is 2. The number of nitrogens with zero attached hydrogens (tertiary/aromatic N) is 4. The van der Waals surface area contributed by atoms with E-state index in [4.69, 9.17) is 0 Å². The smallest absolute Gasteiger partial charge is 0.247 e. The number of aryl methyl sites for hydroxylation is 1. The number of nitrogens with one attached hydrogen (secondary N) is 3. The molecule has 0 saturated carbocycles. The Kier molecular flexibility index (Phi) is 3.55. The lowest BCUT2D eigenvalue weighted by Crippen LogP contribution is -2.19. The Bertz CT molecular complexity index is 601. The second kappa shape index (κ2) is 5.29. The lowest BCUT2D eigenvalue weighted by Gasteiger charge is -2.00. The van der Waals surface area contributed by atoms with Crippen LogP contribution in [0.4, 0.5) is 11.6 Å². The molecule has 19 heavy (non-hydrogen) atoms. The Balaban J connectivity index is 1.91. The van der Waals surface area contributed by atoms with Crippen LogP contribution in [0, 0.1) is 6.92 Å². The topological polar surface area (TPSA) is 118 Å². The first-order valence-electron chi connectivity index (χ1n) is 5.52. The molecule has 2 aromatic heterocycles. The summed E-state index contributed by atoms with van der Waals surface area (Å²) in [6.45, 7) is 3.18. The maximum absolute atomic E-state index is 11.7. The van der Waals surface area contributed by atoms with Gasteiger partial charge in [0.15, 0.2) is 11.6 Å². The fourth-order valence-electron chi connectivity index (χ4n) is 1.42. The van der Waals surface area contributed by atoms with Gasteiger partial charge in [-0.05, 0) is 6.92 Å². The second-order valence-electron chi connectivity index (χ2n) is 3.97. The molecule has 2 heterocycles. The van der Waals surface area contributed by atoms with Gasteiger partial charge in [0.1, 0.15) is 6.54 Å². The normalized spacial score (nSPS) is 10.2. The van der Waals surface area contributed by atoms with Crippen LogP contribution in [0.1, 0.15) is 12.6 Å². The van der Waals surface area contributed by atoms with Crippen LogP contribution in [-0.2, 0) is 16.1 Å². The molecule has 100 valence electrons. The standard InChI is InChI=1S/C10H13N7O2/c1-6-3-8(14-13-6)12-10(19)5-17-4-9(15-16-17)11-7(2)18/h3-4H,5H2,1-2H3,(H,11,18)(H2,12,13,14,19). The Hall–Kier alpha value is -2.71. The molecule has 0 aliphatic heterocycles. The van der Waals surface area contributed by atoms with E-state index in [1.807, 2.05) is 6.92 Å². The van der Waals surface area contributed by atoms with E-state index in [2.05, 4.69) is 31.1 Å². The summed E-state index contributed by atoms with van der Waals surface area (Å²) in [6, 6.07) is 1.71. The summed E-state index contributed by atoms with van der Waals surface area (Å²) >= 11 is 0. The van der Waals surface area contributed by atoms with Crippen LogP contribution in [-0.4, -0.2) is 37.0 Å². The lowest BCUT2D eigenvalue weighted by molar-refractivity contribution is -0.117. The summed E-state index contributed by atoms with van der Waals surface area (Å²) < 4.78 is 1.32. The number of carbonyl (C=O) groups is 2. The fourth-order valence-corrected chi connectivity index (χ4v) is 1.42. The lowest BCUT2D eigenvalue weighted by atomic mass is 10.4. The molecule has 0 aliphatic carbocycles. The van der Waals surface area contributed by atoms with Gasteiger partial charge in [0.05, 0.1) is 6.20 Å². The summed E-state index contributed by atoms with van der Waals surface area (Å²) in [7, 11) is 0. The van der Waals surface area contributed by atoms with Gasteiger partial charge >= 0.3 is 0 Å². The van der Waals surface area contributed by atoms with Crippen molar-refractivity contribution in [2.75, 3.05) is 10.6 Å². The average molecular weight is 263 g/mol. The number of H-pyrrole nitrogens is 1. The summed E-state index contributed by atoms with van der Waals surface area (Å²) in [6.07, 6.45) is 1.47. The summed E-state index contributed by atoms with van der Waals surface area (Å²) in [5, 5.41) is 19.1. The highest BCUT2D eigenvalue weighted by atomic mass is 16.2. The first kappa shape index (κ1) is 12.7. The average Bonchev–Trinajstić information content (AvgIpc) is 2.88. The monoisotopic (exact) mass is 263 g/mol. The largest absolute Gasteiger partial charge is 0.308 e. The van der Waals surface area contributed by atoms with Crippen molar-refractivity contribution in [1.29, 1.82) is 0 Å². The first-order chi connectivity index (χ1) is 9.02. The van der Waals surface area contributed by atoms with Gasteiger partial charge in [-0.2, -0.15) is 5.10 Å². The first-order valence-corrected chi connectivity index (χ1v) is 5.52. The molecule has 0 atom stereocenters. The summed E-state index contributed by atoms with van der Waals surface area (Å²) in [4.78, 5) is 22.5. The van der Waals surface area contributed by atoms with Crippen LogP contribution >= 0.6 is 0 Å². The maximum Gasteiger partial charge on any atom is 0.247 e. The highest BCUT2D eigenvalue weighted by molar-refractivity contribution is 5.89. The number of hydrogen-bond donors (Lipinski definition) is 3. The predicted molar refractivity (Wildman–Crippen MR) is 66.3 cm³/mol. The minimum Gasteiger partial charge on any atom is -0.308 e. The second-order valence-corrected chi connectivity index (χ2v) is 3.97. The van der Waals surface area contributed by atoms with Crippen LogP contribution < -0.4 is 10.6 Å². The van der Waals surface area contributed by atoms with Crippen LogP contribution in [0.5, 0.6) is 0 Å². The molecule has 0 spiro atoms. The molecule has 2 amide bonds. The van der Waals surface area contributed by atoms with Crippen molar-refractivity contribution in [3.05, 3.63) is 18.0 Å². The number of amides is 2. The van der Waals surface area contributed by atoms with Crippen LogP contribution in [0.25, 0.3) is 0 Å². The molecule has 0 unspecified atom stereocenters. The van der Waals surface area contributed by atoms with Crippen molar-refractivity contribution in [2.24, 2.45) is 0 Å². The number of anilines is 2. The molecular formula is C10H13N7O2. The zero-order valence-electron chi connectivity index (χ0n) is 10.5. The molecule has 2 rings (SSSR count). The zero-order valence-corrected chi connectivity index (χ0v) is 10.5. The highest BCUT2D eigenvalue weighted by Gasteiger charge is 2.08. The third-order valence-corrected chi connectivity index (χ3v) is 2.12. The highest BCUT2D eigenvalue weighted by Crippen LogP contribution is 2.04. The number of rotatable bonds is 4. The molecule has 0 aliphatic rings. The van der Waals surface area contributed by atoms with E-state index in [0.29, 0.717) is 11.6 Å². The van der Waals surface area contributed by atoms with Crippen molar-refractivity contribution in [3.63, 3.8) is 0 Å². The van der Waals surface area contributed by atoms with E-state index in [1.54, 1.807) is 6.07 Å². The van der Waals surface area contributed by atoms with E-state index in [9.17, 15) is 9.59 Å². The SMILES string of the molecule is CC(=O)Nc1cn(CC(=O)Nc2cc(C)[nH]n2)nn1. The minimum atomic E-state index is -0.286. The molecule has 0 radical (unpaired) electrons. The Morgan fingerprint density at radius 1 is 1.37 bits per heavy atom. The number of hydrogen-bond acceptors (Lipinski definition) is 5. The van der Waals surface area contributed by atoms with E-state index in [0.717, 1.165) is 5.69 Å². The van der Waals surface area contributed by atoms with Gasteiger partial charge in [-0.25, -0.2) is 4.68 Å². The zero-order chi connectivity index (χ0) is 13.8. The fraction of sp³-hybridized carbons (Fsp3) is 0.300. The van der Waals surface area contributed by atoms with Gasteiger partial charge in [0.25, 0.3) is 0 Å². The van der Waals surface area contributed by atoms with Gasteiger partial charge in [0, 0.05) is 18.7 Å². The van der Waals surface area contributed by atoms with Crippen LogP contribution in [0.15, 0.2) is 12.3 Å². The van der Waals surface area contributed by atoms with Crippen molar-refractivity contribution >= 4 is 23.5 Å². The van der Waals surface area contributed by atoms with Crippen molar-refractivity contribution in [3.8, 4) is 0 Å². The van der Waals surface area contributed by atoms with Gasteiger partial charge < -0.3 is 10.6 Å². The molecule has 0 aromatic carbocycles. The van der Waals surface area contributed by atoms with Gasteiger partial charge in [-0.3, -0.25) is 14.7 Å². The van der Waals surface area contributed by atoms with E-state index in [-0.39, 0.29) is 18.4 Å². The van der Waals surface area contributed by atoms with Crippen LogP contribution in [0.2, 0.25) is 0 Å². The number of aromatic amines is 1. The van der Waals surface area contributed by atoms with E-state index >= 15 is 0 Å². The van der Waals surface area contributed by atoms with Gasteiger partial charge in [-0.1, -0.05) is 5.21 Å². The molecule has 9 heteroatoms. The minimum absolute atomic E-state index is 0.0154. The van der Waals surface area contributed by atoms with E-state index < -0.39 is 0 Å². The Morgan fingerprint density at radius 3 is 2.79 bits per heavy atom. The van der Waals surface area contributed by atoms with Gasteiger partial charge in [0.2, 0.25) is 11.8 Å². The van der Waals surface area contributed by atoms with Crippen LogP contribution in [0.3, 0.4) is 0 Å². The third-order valence-electron chi connectivity index (χ3n) is 2.12. The Labute approximate surface area is 108 Å². The molecule has 0 saturated heterocycles. The Morgan fingerprint density at radius 2 is 2.16 bits per heavy atom. The third kappa shape index (κ3) is 3.63. The molecular weight excluding hydrogens is 250 g/mol. The number of aromatic nitrogens is 5. The van der Waals surface area contributed by atoms with Crippen molar-refractivity contribution < 1.29 is 9.59 Å². The van der Waals surface area contributed by atoms with Crippen molar-refractivity contribution in [1.82, 2.24) is 25.2 Å². The molecule has 0 bridgehead atoms. The molecule has 0 fully saturated rings. The molecule has 2 aromatic rings. The quantitative estimate of drug-likeness (QED) is 0.712.